The van der Waals surface area contributed by atoms with Crippen LogP contribution in [0.3, 0.4) is 0 Å². The molecule has 20 heavy (non-hydrogen) atoms. The highest BCUT2D eigenvalue weighted by molar-refractivity contribution is 5.91. The van der Waals surface area contributed by atoms with Crippen LogP contribution in [0.15, 0.2) is 52.9 Å². The first-order valence-corrected chi connectivity index (χ1v) is 6.02. The van der Waals surface area contributed by atoms with Gasteiger partial charge in [-0.1, -0.05) is 30.3 Å². The molecule has 2 N–H and O–H groups in total. The predicted octanol–water partition coefficient (Wildman–Crippen LogP) is 2.61. The second-order valence-electron chi connectivity index (χ2n) is 4.35. The van der Waals surface area contributed by atoms with Crippen LogP contribution in [-0.2, 0) is 0 Å². The Bertz CT molecular complexity index is 764. The number of carbonyl (C=O) groups is 1. The van der Waals surface area contributed by atoms with Crippen LogP contribution in [0.25, 0.3) is 11.1 Å². The third-order valence-corrected chi connectivity index (χ3v) is 3.00. The van der Waals surface area contributed by atoms with Crippen molar-refractivity contribution in [3.63, 3.8) is 0 Å². The monoisotopic (exact) mass is 269 g/mol. The number of aliphatic hydroxyl groups is 1. The molecular weight excluding hydrogens is 258 g/mol. The molecule has 0 radical (unpaired) electrons. The van der Waals surface area contributed by atoms with E-state index in [1.165, 1.54) is 18.2 Å². The molecule has 0 aliphatic carbocycles. The van der Waals surface area contributed by atoms with Gasteiger partial charge in [0.1, 0.15) is 5.52 Å². The summed E-state index contributed by atoms with van der Waals surface area (Å²) in [6.45, 7) is 0. The summed E-state index contributed by atoms with van der Waals surface area (Å²) in [7, 11) is 0. The second kappa shape index (κ2) is 4.79. The van der Waals surface area contributed by atoms with E-state index in [9.17, 15) is 9.90 Å². The van der Waals surface area contributed by atoms with Gasteiger partial charge in [0.05, 0.1) is 5.56 Å². The molecule has 5 nitrogen and oxygen atoms in total. The van der Waals surface area contributed by atoms with Gasteiger partial charge in [-0.05, 0) is 23.8 Å². The lowest BCUT2D eigenvalue weighted by Crippen LogP contribution is -1.99. The van der Waals surface area contributed by atoms with E-state index in [0.29, 0.717) is 16.7 Å². The molecule has 1 atom stereocenters. The van der Waals surface area contributed by atoms with E-state index in [1.807, 2.05) is 18.2 Å². The molecule has 0 amide bonds. The summed E-state index contributed by atoms with van der Waals surface area (Å²) in [5.41, 5.74) is 1.65. The molecule has 0 aliphatic rings. The van der Waals surface area contributed by atoms with Crippen molar-refractivity contribution in [3.8, 4) is 0 Å². The van der Waals surface area contributed by atoms with E-state index < -0.39 is 12.1 Å². The van der Waals surface area contributed by atoms with E-state index >= 15 is 0 Å². The van der Waals surface area contributed by atoms with Crippen LogP contribution in [0.2, 0.25) is 0 Å². The van der Waals surface area contributed by atoms with Crippen LogP contribution in [0.5, 0.6) is 0 Å². The maximum atomic E-state index is 10.9. The van der Waals surface area contributed by atoms with Gasteiger partial charge in [-0.3, -0.25) is 0 Å². The first-order valence-electron chi connectivity index (χ1n) is 6.02. The quantitative estimate of drug-likeness (QED) is 0.763. The highest BCUT2D eigenvalue weighted by Crippen LogP contribution is 2.25. The Morgan fingerprint density at radius 2 is 1.90 bits per heavy atom. The number of carboxylic acid groups (broad SMARTS) is 1. The van der Waals surface area contributed by atoms with Gasteiger partial charge in [0, 0.05) is 0 Å². The summed E-state index contributed by atoms with van der Waals surface area (Å²) in [5, 5.41) is 19.1. The Labute approximate surface area is 114 Å². The van der Waals surface area contributed by atoms with E-state index in [0.717, 1.165) is 0 Å². The van der Waals surface area contributed by atoms with Crippen molar-refractivity contribution in [2.75, 3.05) is 0 Å². The third kappa shape index (κ3) is 2.15. The molecule has 0 bridgehead atoms. The zero-order valence-corrected chi connectivity index (χ0v) is 10.4. The molecule has 100 valence electrons. The largest absolute Gasteiger partial charge is 0.478 e. The summed E-state index contributed by atoms with van der Waals surface area (Å²) in [5.74, 6) is -0.881. The summed E-state index contributed by atoms with van der Waals surface area (Å²) in [4.78, 5) is 15.1. The van der Waals surface area contributed by atoms with Crippen molar-refractivity contribution >= 4 is 17.1 Å². The third-order valence-electron chi connectivity index (χ3n) is 3.00. The number of rotatable bonds is 3. The van der Waals surface area contributed by atoms with E-state index in [-0.39, 0.29) is 11.5 Å². The molecular formula is C15H11NO4. The molecule has 0 spiro atoms. The highest BCUT2D eigenvalue weighted by atomic mass is 16.4. The summed E-state index contributed by atoms with van der Waals surface area (Å²) in [6, 6.07) is 13.4. The fourth-order valence-corrected chi connectivity index (χ4v) is 1.97. The molecule has 3 aromatic rings. The number of aromatic carboxylic acids is 1. The lowest BCUT2D eigenvalue weighted by Gasteiger charge is -2.05. The topological polar surface area (TPSA) is 83.6 Å². The number of nitrogens with zero attached hydrogens (tertiary/aromatic N) is 1. The van der Waals surface area contributed by atoms with Gasteiger partial charge in [-0.2, -0.15) is 0 Å². The van der Waals surface area contributed by atoms with Crippen molar-refractivity contribution in [2.24, 2.45) is 0 Å². The van der Waals surface area contributed by atoms with Crippen molar-refractivity contribution in [1.29, 1.82) is 0 Å². The number of hydrogen-bond acceptors (Lipinski definition) is 4. The van der Waals surface area contributed by atoms with Crippen LogP contribution in [0.4, 0.5) is 0 Å². The van der Waals surface area contributed by atoms with Crippen LogP contribution in [0.1, 0.15) is 27.9 Å². The number of fused-ring (bicyclic) bond motifs is 1. The zero-order valence-electron chi connectivity index (χ0n) is 10.4. The SMILES string of the molecule is O=C(O)c1ccc2oc(C(O)c3ccccc3)nc2c1. The maximum absolute atomic E-state index is 10.9. The maximum Gasteiger partial charge on any atom is 0.335 e. The first-order chi connectivity index (χ1) is 9.65. The molecule has 2 aromatic carbocycles. The number of carboxylic acids is 1. The molecule has 1 heterocycles. The van der Waals surface area contributed by atoms with Gasteiger partial charge in [-0.15, -0.1) is 0 Å². The molecule has 0 saturated heterocycles. The van der Waals surface area contributed by atoms with Crippen molar-refractivity contribution in [3.05, 3.63) is 65.5 Å². The van der Waals surface area contributed by atoms with Crippen LogP contribution in [0, 0.1) is 0 Å². The number of aliphatic hydroxyl groups excluding tert-OH is 1. The zero-order chi connectivity index (χ0) is 14.1. The van der Waals surface area contributed by atoms with Gasteiger partial charge in [0.25, 0.3) is 0 Å². The van der Waals surface area contributed by atoms with E-state index in [1.54, 1.807) is 12.1 Å². The number of hydrogen-bond donors (Lipinski definition) is 2. The number of oxazole rings is 1. The van der Waals surface area contributed by atoms with Crippen LogP contribution >= 0.6 is 0 Å². The molecule has 0 fully saturated rings. The normalized spacial score (nSPS) is 12.4. The van der Waals surface area contributed by atoms with Gasteiger partial charge < -0.3 is 14.6 Å². The molecule has 0 aliphatic heterocycles. The predicted molar refractivity (Wildman–Crippen MR) is 71.5 cm³/mol. The molecule has 5 heteroatoms. The summed E-state index contributed by atoms with van der Waals surface area (Å²) in [6.07, 6.45) is -0.975. The number of benzene rings is 2. The Morgan fingerprint density at radius 3 is 2.60 bits per heavy atom. The molecule has 1 unspecified atom stereocenters. The van der Waals surface area contributed by atoms with Crippen molar-refractivity contribution in [2.45, 2.75) is 6.10 Å². The minimum atomic E-state index is -1.03. The van der Waals surface area contributed by atoms with Crippen LogP contribution in [-0.4, -0.2) is 21.2 Å². The minimum Gasteiger partial charge on any atom is -0.478 e. The summed E-state index contributed by atoms with van der Waals surface area (Å²) < 4.78 is 5.46. The van der Waals surface area contributed by atoms with Crippen molar-refractivity contribution < 1.29 is 19.4 Å². The molecule has 3 rings (SSSR count). The van der Waals surface area contributed by atoms with Crippen LogP contribution < -0.4 is 0 Å². The second-order valence-corrected chi connectivity index (χ2v) is 4.35. The first kappa shape index (κ1) is 12.4. The van der Waals surface area contributed by atoms with Gasteiger partial charge in [0.2, 0.25) is 5.89 Å². The lowest BCUT2D eigenvalue weighted by atomic mass is 10.1. The van der Waals surface area contributed by atoms with Gasteiger partial charge in [-0.25, -0.2) is 9.78 Å². The van der Waals surface area contributed by atoms with Gasteiger partial charge >= 0.3 is 5.97 Å². The van der Waals surface area contributed by atoms with Crippen molar-refractivity contribution in [1.82, 2.24) is 4.98 Å². The Kier molecular flexibility index (Phi) is 2.96. The Balaban J connectivity index is 2.03. The average molecular weight is 269 g/mol. The fraction of sp³-hybridized carbons (Fsp3) is 0.0667. The van der Waals surface area contributed by atoms with E-state index in [2.05, 4.69) is 4.98 Å². The standard InChI is InChI=1S/C15H11NO4/c17-13(9-4-2-1-3-5-9)14-16-11-8-10(15(18)19)6-7-12(11)20-14/h1-8,13,17H,(H,18,19). The Hall–Kier alpha value is -2.66. The summed E-state index contributed by atoms with van der Waals surface area (Å²) >= 11 is 0. The van der Waals surface area contributed by atoms with E-state index in [4.69, 9.17) is 9.52 Å². The highest BCUT2D eigenvalue weighted by Gasteiger charge is 2.17. The lowest BCUT2D eigenvalue weighted by molar-refractivity contribution is 0.0697. The molecule has 1 aromatic heterocycles. The number of aromatic nitrogens is 1. The minimum absolute atomic E-state index is 0.131. The molecule has 0 saturated carbocycles. The average Bonchev–Trinajstić information content (AvgIpc) is 2.90. The Morgan fingerprint density at radius 1 is 1.15 bits per heavy atom. The fourth-order valence-electron chi connectivity index (χ4n) is 1.97. The van der Waals surface area contributed by atoms with Gasteiger partial charge in [0.15, 0.2) is 11.7 Å². The smallest absolute Gasteiger partial charge is 0.335 e.